The molecule has 0 spiro atoms. The van der Waals surface area contributed by atoms with Gasteiger partial charge in [-0.1, -0.05) is 15.9 Å². The molecule has 0 fully saturated rings. The van der Waals surface area contributed by atoms with Gasteiger partial charge in [0.2, 0.25) is 0 Å². The van der Waals surface area contributed by atoms with Crippen molar-refractivity contribution >= 4 is 27.5 Å². The van der Waals surface area contributed by atoms with Crippen molar-refractivity contribution in [1.29, 1.82) is 0 Å². The second-order valence-corrected chi connectivity index (χ2v) is 4.27. The number of amides is 1. The van der Waals surface area contributed by atoms with Gasteiger partial charge in [-0.3, -0.25) is 14.9 Å². The predicted molar refractivity (Wildman–Crippen MR) is 66.8 cm³/mol. The van der Waals surface area contributed by atoms with Gasteiger partial charge in [-0.15, -0.1) is 0 Å². The van der Waals surface area contributed by atoms with Crippen LogP contribution in [-0.4, -0.2) is 23.9 Å². The van der Waals surface area contributed by atoms with Crippen LogP contribution in [0.25, 0.3) is 0 Å². The van der Waals surface area contributed by atoms with Crippen LogP contribution >= 0.6 is 15.9 Å². The fourth-order valence-electron chi connectivity index (χ4n) is 1.22. The summed E-state index contributed by atoms with van der Waals surface area (Å²) >= 11 is 3.13. The van der Waals surface area contributed by atoms with E-state index in [0.29, 0.717) is 24.0 Å². The van der Waals surface area contributed by atoms with Crippen molar-refractivity contribution in [1.82, 2.24) is 5.32 Å². The number of nitro groups is 1. The first kappa shape index (κ1) is 13.6. The fraction of sp³-hybridized carbons (Fsp3) is 0.300. The zero-order valence-electron chi connectivity index (χ0n) is 8.98. The van der Waals surface area contributed by atoms with Crippen molar-refractivity contribution in [3.63, 3.8) is 0 Å². The summed E-state index contributed by atoms with van der Waals surface area (Å²) in [5, 5.41) is 13.3. The normalized spacial score (nSPS) is 10.0. The number of carbonyl (C=O) groups excluding carboxylic acids is 1. The number of nitro benzene ring substituents is 1. The number of non-ortho nitro benzene ring substituents is 1. The highest BCUT2D eigenvalue weighted by Crippen LogP contribution is 2.21. The summed E-state index contributed by atoms with van der Waals surface area (Å²) in [5.74, 6) is -0.345. The number of carbonyl (C=O) groups is 1. The number of rotatable bonds is 5. The Morgan fingerprint density at radius 3 is 2.76 bits per heavy atom. The Morgan fingerprint density at radius 2 is 2.18 bits per heavy atom. The van der Waals surface area contributed by atoms with Crippen LogP contribution in [-0.2, 0) is 0 Å². The standard InChI is InChI=1S/C10H12BrN3O3/c11-8-4-7(5-9(6-8)14(16)17)10(15)13-3-1-2-12/h4-6H,1-3,12H2,(H,13,15). The third-order valence-electron chi connectivity index (χ3n) is 2.02. The largest absolute Gasteiger partial charge is 0.352 e. The van der Waals surface area contributed by atoms with Gasteiger partial charge in [-0.25, -0.2) is 0 Å². The molecule has 0 aromatic heterocycles. The van der Waals surface area contributed by atoms with Gasteiger partial charge in [0.1, 0.15) is 0 Å². The molecule has 1 amide bonds. The molecule has 17 heavy (non-hydrogen) atoms. The van der Waals surface area contributed by atoms with E-state index in [0.717, 1.165) is 0 Å². The van der Waals surface area contributed by atoms with Crippen LogP contribution in [0.4, 0.5) is 5.69 Å². The third-order valence-corrected chi connectivity index (χ3v) is 2.48. The lowest BCUT2D eigenvalue weighted by Crippen LogP contribution is -2.26. The number of hydrogen-bond donors (Lipinski definition) is 2. The van der Waals surface area contributed by atoms with Gasteiger partial charge in [0, 0.05) is 28.7 Å². The number of hydrogen-bond acceptors (Lipinski definition) is 4. The molecule has 0 aliphatic rings. The van der Waals surface area contributed by atoms with E-state index in [1.807, 2.05) is 0 Å². The van der Waals surface area contributed by atoms with Crippen LogP contribution in [0.5, 0.6) is 0 Å². The van der Waals surface area contributed by atoms with Crippen LogP contribution in [0.1, 0.15) is 16.8 Å². The molecule has 0 bridgehead atoms. The molecule has 1 rings (SSSR count). The van der Waals surface area contributed by atoms with E-state index < -0.39 is 4.92 Å². The minimum absolute atomic E-state index is 0.122. The van der Waals surface area contributed by atoms with E-state index in [9.17, 15) is 14.9 Å². The maximum absolute atomic E-state index is 11.7. The molecule has 0 radical (unpaired) electrons. The van der Waals surface area contributed by atoms with Gasteiger partial charge >= 0.3 is 0 Å². The fourth-order valence-corrected chi connectivity index (χ4v) is 1.70. The summed E-state index contributed by atoms with van der Waals surface area (Å²) in [7, 11) is 0. The first-order valence-electron chi connectivity index (χ1n) is 4.98. The smallest absolute Gasteiger partial charge is 0.271 e. The summed E-state index contributed by atoms with van der Waals surface area (Å²) in [5.41, 5.74) is 5.42. The predicted octanol–water partition coefficient (Wildman–Crippen LogP) is 1.44. The minimum Gasteiger partial charge on any atom is -0.352 e. The second-order valence-electron chi connectivity index (χ2n) is 3.35. The SMILES string of the molecule is NCCCNC(=O)c1cc(Br)cc([N+](=O)[O-])c1. The molecule has 0 saturated heterocycles. The van der Waals surface area contributed by atoms with Crippen molar-refractivity contribution in [3.8, 4) is 0 Å². The molecule has 0 aliphatic carbocycles. The topological polar surface area (TPSA) is 98.3 Å². The Balaban J connectivity index is 2.82. The molecule has 1 aromatic rings. The van der Waals surface area contributed by atoms with Crippen molar-refractivity contribution in [2.75, 3.05) is 13.1 Å². The zero-order chi connectivity index (χ0) is 12.8. The Bertz CT molecular complexity index is 437. The van der Waals surface area contributed by atoms with Crippen molar-refractivity contribution in [2.24, 2.45) is 5.73 Å². The lowest BCUT2D eigenvalue weighted by atomic mass is 10.2. The van der Waals surface area contributed by atoms with E-state index in [1.54, 1.807) is 0 Å². The van der Waals surface area contributed by atoms with Crippen molar-refractivity contribution in [3.05, 3.63) is 38.3 Å². The zero-order valence-corrected chi connectivity index (χ0v) is 10.6. The van der Waals surface area contributed by atoms with E-state index in [2.05, 4.69) is 21.2 Å². The molecular formula is C10H12BrN3O3. The lowest BCUT2D eigenvalue weighted by molar-refractivity contribution is -0.385. The highest BCUT2D eigenvalue weighted by Gasteiger charge is 2.13. The van der Waals surface area contributed by atoms with Gasteiger partial charge in [0.05, 0.1) is 4.92 Å². The number of nitrogens with two attached hydrogens (primary N) is 1. The molecule has 1 aromatic carbocycles. The van der Waals surface area contributed by atoms with Gasteiger partial charge in [0.25, 0.3) is 11.6 Å². The number of nitrogens with one attached hydrogen (secondary N) is 1. The van der Waals surface area contributed by atoms with E-state index in [-0.39, 0.29) is 17.2 Å². The molecule has 6 nitrogen and oxygen atoms in total. The highest BCUT2D eigenvalue weighted by molar-refractivity contribution is 9.10. The van der Waals surface area contributed by atoms with Crippen LogP contribution < -0.4 is 11.1 Å². The Kier molecular flexibility index (Phi) is 5.05. The van der Waals surface area contributed by atoms with Gasteiger partial charge in [-0.2, -0.15) is 0 Å². The molecule has 0 heterocycles. The van der Waals surface area contributed by atoms with Crippen molar-refractivity contribution < 1.29 is 9.72 Å². The summed E-state index contributed by atoms with van der Waals surface area (Å²) < 4.78 is 0.496. The molecule has 0 aliphatic heterocycles. The van der Waals surface area contributed by atoms with Crippen LogP contribution in [0.3, 0.4) is 0 Å². The molecule has 3 N–H and O–H groups in total. The van der Waals surface area contributed by atoms with Crippen LogP contribution in [0, 0.1) is 10.1 Å². The summed E-state index contributed by atoms with van der Waals surface area (Å²) in [6.45, 7) is 0.939. The Hall–Kier alpha value is -1.47. The van der Waals surface area contributed by atoms with E-state index in [4.69, 9.17) is 5.73 Å². The summed E-state index contributed by atoms with van der Waals surface area (Å²) in [6, 6.07) is 4.12. The number of nitrogens with zero attached hydrogens (tertiary/aromatic N) is 1. The van der Waals surface area contributed by atoms with E-state index in [1.165, 1.54) is 18.2 Å². The lowest BCUT2D eigenvalue weighted by Gasteiger charge is -2.04. The maximum atomic E-state index is 11.7. The maximum Gasteiger partial charge on any atom is 0.271 e. The monoisotopic (exact) mass is 301 g/mol. The quantitative estimate of drug-likeness (QED) is 0.488. The average molecular weight is 302 g/mol. The molecular weight excluding hydrogens is 290 g/mol. The highest BCUT2D eigenvalue weighted by atomic mass is 79.9. The summed E-state index contributed by atoms with van der Waals surface area (Å²) in [4.78, 5) is 21.7. The molecule has 0 atom stereocenters. The number of benzene rings is 1. The molecule has 92 valence electrons. The van der Waals surface area contributed by atoms with Crippen LogP contribution in [0.2, 0.25) is 0 Å². The minimum atomic E-state index is -0.540. The van der Waals surface area contributed by atoms with Gasteiger partial charge < -0.3 is 11.1 Å². The van der Waals surface area contributed by atoms with Gasteiger partial charge in [-0.05, 0) is 19.0 Å². The molecule has 7 heteroatoms. The summed E-state index contributed by atoms with van der Waals surface area (Å²) in [6.07, 6.45) is 0.668. The number of halogens is 1. The first-order chi connectivity index (χ1) is 8.04. The van der Waals surface area contributed by atoms with Crippen LogP contribution in [0.15, 0.2) is 22.7 Å². The average Bonchev–Trinajstić information content (AvgIpc) is 2.28. The molecule has 0 unspecified atom stereocenters. The molecule has 0 saturated carbocycles. The van der Waals surface area contributed by atoms with Gasteiger partial charge in [0.15, 0.2) is 0 Å². The van der Waals surface area contributed by atoms with E-state index >= 15 is 0 Å². The third kappa shape index (κ3) is 4.12. The Labute approximate surface area is 106 Å². The second kappa shape index (κ2) is 6.31. The first-order valence-corrected chi connectivity index (χ1v) is 5.77. The Morgan fingerprint density at radius 1 is 1.47 bits per heavy atom. The van der Waals surface area contributed by atoms with Crippen molar-refractivity contribution in [2.45, 2.75) is 6.42 Å².